The second-order valence-corrected chi connectivity index (χ2v) is 2.90. The number of hydroxylamine groups is 1. The van der Waals surface area contributed by atoms with Crippen LogP contribution in [0.15, 0.2) is 0 Å². The minimum atomic E-state index is 0.0951. The zero-order chi connectivity index (χ0) is 10.1. The summed E-state index contributed by atoms with van der Waals surface area (Å²) >= 11 is 0. The molecule has 1 aliphatic rings. The quantitative estimate of drug-likeness (QED) is 0.347. The van der Waals surface area contributed by atoms with Crippen LogP contribution in [0, 0.1) is 0 Å². The molecule has 1 N–H and O–H groups in total. The summed E-state index contributed by atoms with van der Waals surface area (Å²) in [4.78, 5) is 8.99. The first-order chi connectivity index (χ1) is 6.93. The Bertz CT molecular complexity index is 131. The molecule has 7 heteroatoms. The molecule has 1 saturated carbocycles. The average Bonchev–Trinajstić information content (AvgIpc) is 2.13. The average molecular weight is 209 g/mol. The highest BCUT2D eigenvalue weighted by molar-refractivity contribution is 4.66. The summed E-state index contributed by atoms with van der Waals surface area (Å²) in [5, 5.41) is 16.2. The lowest BCUT2D eigenvalue weighted by Gasteiger charge is -2.21. The maximum Gasteiger partial charge on any atom is 0.0962 e. The molecule has 0 aromatic heterocycles. The van der Waals surface area contributed by atoms with Crippen molar-refractivity contribution in [2.75, 3.05) is 6.54 Å². The monoisotopic (exact) mass is 209 g/mol. The molecular weight excluding hydrogens is 194 g/mol. The molecule has 0 radical (unpaired) electrons. The standard InChI is InChI=1S/C7H15NO6/c1-2-6-8-10-12-14-13-11-9-7-4-3-5-7/h7-8H,2-6H2,1H3. The first-order valence-electron chi connectivity index (χ1n) is 4.65. The highest BCUT2D eigenvalue weighted by Gasteiger charge is 2.19. The topological polar surface area (TPSA) is 67.4 Å². The number of rotatable bonds is 9. The third-order valence-corrected chi connectivity index (χ3v) is 1.76. The third kappa shape index (κ3) is 5.45. The van der Waals surface area contributed by atoms with E-state index in [1.807, 2.05) is 6.92 Å². The predicted octanol–water partition coefficient (Wildman–Crippen LogP) is 1.13. The second-order valence-electron chi connectivity index (χ2n) is 2.90. The molecule has 1 fully saturated rings. The summed E-state index contributed by atoms with van der Waals surface area (Å²) in [6, 6.07) is 0. The zero-order valence-electron chi connectivity index (χ0n) is 8.06. The van der Waals surface area contributed by atoms with E-state index in [2.05, 4.69) is 30.6 Å². The Balaban J connectivity index is 1.67. The molecule has 0 aromatic carbocycles. The molecule has 0 bridgehead atoms. The van der Waals surface area contributed by atoms with E-state index in [1.54, 1.807) is 0 Å². The number of hydrogen-bond acceptors (Lipinski definition) is 7. The molecule has 0 heterocycles. The summed E-state index contributed by atoms with van der Waals surface area (Å²) in [7, 11) is 0. The van der Waals surface area contributed by atoms with Crippen molar-refractivity contribution in [2.24, 2.45) is 0 Å². The zero-order valence-corrected chi connectivity index (χ0v) is 8.06. The van der Waals surface area contributed by atoms with E-state index in [0.29, 0.717) is 6.54 Å². The molecule has 0 aromatic rings. The fourth-order valence-corrected chi connectivity index (χ4v) is 0.743. The van der Waals surface area contributed by atoms with Crippen molar-refractivity contribution in [1.29, 1.82) is 0 Å². The van der Waals surface area contributed by atoms with Crippen LogP contribution < -0.4 is 5.48 Å². The lowest BCUT2D eigenvalue weighted by atomic mass is 9.97. The van der Waals surface area contributed by atoms with E-state index in [9.17, 15) is 0 Å². The van der Waals surface area contributed by atoms with Crippen LogP contribution in [-0.4, -0.2) is 12.6 Å². The smallest absolute Gasteiger partial charge is 0.0962 e. The van der Waals surface area contributed by atoms with Gasteiger partial charge in [0.1, 0.15) is 0 Å². The van der Waals surface area contributed by atoms with E-state index < -0.39 is 0 Å². The Hall–Kier alpha value is -0.280. The van der Waals surface area contributed by atoms with E-state index in [1.165, 1.54) is 0 Å². The Morgan fingerprint density at radius 3 is 2.57 bits per heavy atom. The fourth-order valence-electron chi connectivity index (χ4n) is 0.743. The van der Waals surface area contributed by atoms with Gasteiger partial charge in [-0.25, -0.2) is 4.89 Å². The largest absolute Gasteiger partial charge is 0.200 e. The Labute approximate surface area is 81.8 Å². The Morgan fingerprint density at radius 2 is 1.93 bits per heavy atom. The summed E-state index contributed by atoms with van der Waals surface area (Å²) in [5.74, 6) is 0. The van der Waals surface area contributed by atoms with Crippen LogP contribution in [0.1, 0.15) is 32.6 Å². The van der Waals surface area contributed by atoms with Gasteiger partial charge in [0.2, 0.25) is 0 Å². The van der Waals surface area contributed by atoms with Gasteiger partial charge in [0.15, 0.2) is 0 Å². The van der Waals surface area contributed by atoms with Crippen molar-refractivity contribution in [3.8, 4) is 0 Å². The molecule has 0 saturated heterocycles. The van der Waals surface area contributed by atoms with Gasteiger partial charge in [0.25, 0.3) is 0 Å². The van der Waals surface area contributed by atoms with Crippen molar-refractivity contribution in [3.63, 3.8) is 0 Å². The van der Waals surface area contributed by atoms with Crippen molar-refractivity contribution >= 4 is 0 Å². The predicted molar refractivity (Wildman–Crippen MR) is 42.4 cm³/mol. The molecule has 0 unspecified atom stereocenters. The maximum atomic E-state index is 4.70. The summed E-state index contributed by atoms with van der Waals surface area (Å²) in [6.45, 7) is 2.62. The van der Waals surface area contributed by atoms with E-state index in [4.69, 9.17) is 4.89 Å². The summed E-state index contributed by atoms with van der Waals surface area (Å²) in [5.41, 5.74) is 2.43. The highest BCUT2D eigenvalue weighted by Crippen LogP contribution is 2.21. The van der Waals surface area contributed by atoms with E-state index in [-0.39, 0.29) is 6.10 Å². The highest BCUT2D eigenvalue weighted by atomic mass is 17.8. The van der Waals surface area contributed by atoms with Crippen LogP contribution in [0.2, 0.25) is 0 Å². The molecule has 0 aliphatic heterocycles. The molecule has 0 amide bonds. The molecule has 0 spiro atoms. The number of nitrogens with one attached hydrogen (secondary N) is 1. The van der Waals surface area contributed by atoms with Gasteiger partial charge < -0.3 is 0 Å². The van der Waals surface area contributed by atoms with Crippen molar-refractivity contribution in [2.45, 2.75) is 38.7 Å². The normalized spacial score (nSPS) is 16.9. The molecule has 1 rings (SSSR count). The van der Waals surface area contributed by atoms with E-state index >= 15 is 0 Å². The van der Waals surface area contributed by atoms with Crippen molar-refractivity contribution in [1.82, 2.24) is 5.48 Å². The fraction of sp³-hybridized carbons (Fsp3) is 1.00. The van der Waals surface area contributed by atoms with Crippen LogP contribution in [0.3, 0.4) is 0 Å². The van der Waals surface area contributed by atoms with Gasteiger partial charge in [0, 0.05) is 6.54 Å². The van der Waals surface area contributed by atoms with Gasteiger partial charge in [-0.05, 0) is 45.8 Å². The summed E-state index contributed by atoms with van der Waals surface area (Å²) < 4.78 is 0. The van der Waals surface area contributed by atoms with Crippen LogP contribution in [-0.2, 0) is 30.0 Å². The maximum absolute atomic E-state index is 4.70. The lowest BCUT2D eigenvalue weighted by Crippen LogP contribution is -2.22. The minimum absolute atomic E-state index is 0.0951. The van der Waals surface area contributed by atoms with Gasteiger partial charge in [0.05, 0.1) is 6.10 Å². The first-order valence-corrected chi connectivity index (χ1v) is 4.65. The van der Waals surface area contributed by atoms with Crippen LogP contribution in [0.25, 0.3) is 0 Å². The van der Waals surface area contributed by atoms with Crippen LogP contribution >= 0.6 is 0 Å². The van der Waals surface area contributed by atoms with Gasteiger partial charge in [-0.3, -0.25) is 0 Å². The Kier molecular flexibility index (Phi) is 6.79. The lowest BCUT2D eigenvalue weighted by molar-refractivity contribution is -0.765. The third-order valence-electron chi connectivity index (χ3n) is 1.76. The summed E-state index contributed by atoms with van der Waals surface area (Å²) in [6.07, 6.45) is 4.09. The second kappa shape index (κ2) is 8.06. The van der Waals surface area contributed by atoms with Gasteiger partial charge in [-0.15, -0.1) is 4.99 Å². The van der Waals surface area contributed by atoms with E-state index in [0.717, 1.165) is 25.7 Å². The van der Waals surface area contributed by atoms with Crippen LogP contribution in [0.5, 0.6) is 0 Å². The van der Waals surface area contributed by atoms with Gasteiger partial charge in [-0.1, -0.05) is 6.92 Å². The van der Waals surface area contributed by atoms with Crippen molar-refractivity contribution < 1.29 is 30.0 Å². The van der Waals surface area contributed by atoms with Crippen molar-refractivity contribution in [3.05, 3.63) is 0 Å². The minimum Gasteiger partial charge on any atom is -0.200 e. The van der Waals surface area contributed by atoms with Gasteiger partial charge in [-0.2, -0.15) is 5.48 Å². The number of hydrogen-bond donors (Lipinski definition) is 1. The molecule has 0 atom stereocenters. The van der Waals surface area contributed by atoms with Gasteiger partial charge >= 0.3 is 0 Å². The molecule has 14 heavy (non-hydrogen) atoms. The molecule has 7 nitrogen and oxygen atoms in total. The molecule has 84 valence electrons. The first kappa shape index (κ1) is 11.8. The molecule has 1 aliphatic carbocycles. The SMILES string of the molecule is CCCNOOOOOOC1CCC1. The Morgan fingerprint density at radius 1 is 1.14 bits per heavy atom. The van der Waals surface area contributed by atoms with Crippen LogP contribution in [0.4, 0.5) is 0 Å². The molecular formula is C7H15NO6.